The van der Waals surface area contributed by atoms with Crippen LogP contribution in [0.2, 0.25) is 0 Å². The normalized spacial score (nSPS) is 19.9. The molecule has 2 heterocycles. The topological polar surface area (TPSA) is 88.3 Å². The number of hydrogen-bond acceptors (Lipinski definition) is 5. The van der Waals surface area contributed by atoms with Gasteiger partial charge in [0.15, 0.2) is 5.82 Å². The molecule has 0 aliphatic carbocycles. The number of rotatable bonds is 2. The van der Waals surface area contributed by atoms with E-state index in [2.05, 4.69) is 26.2 Å². The molecule has 1 saturated heterocycles. The Morgan fingerprint density at radius 3 is 2.94 bits per heavy atom. The second-order valence-electron chi connectivity index (χ2n) is 4.03. The third kappa shape index (κ3) is 2.31. The summed E-state index contributed by atoms with van der Waals surface area (Å²) in [6, 6.07) is 1.28. The number of amides is 2. The van der Waals surface area contributed by atoms with Crippen LogP contribution in [0.4, 0.5) is 11.5 Å². The molecule has 1 aromatic rings. The molecule has 2 amide bonds. The summed E-state index contributed by atoms with van der Waals surface area (Å²) in [7, 11) is 0. The van der Waals surface area contributed by atoms with Gasteiger partial charge in [-0.2, -0.15) is 0 Å². The molecular formula is C11H13BrN4O2. The molecule has 96 valence electrons. The number of pyridine rings is 1. The van der Waals surface area contributed by atoms with Gasteiger partial charge in [0.2, 0.25) is 11.8 Å². The number of aromatic nitrogens is 1. The van der Waals surface area contributed by atoms with E-state index in [1.807, 2.05) is 6.92 Å². The molecule has 0 bridgehead atoms. The SMILES string of the molecule is CCC1C(=O)NC(=O)CN1c1ncc(Br)cc1N. The van der Waals surface area contributed by atoms with Crippen LogP contribution in [0.3, 0.4) is 0 Å². The van der Waals surface area contributed by atoms with Gasteiger partial charge in [-0.25, -0.2) is 4.98 Å². The van der Waals surface area contributed by atoms with Crippen LogP contribution >= 0.6 is 15.9 Å². The highest BCUT2D eigenvalue weighted by molar-refractivity contribution is 9.10. The highest BCUT2D eigenvalue weighted by atomic mass is 79.9. The number of nitrogens with one attached hydrogen (secondary N) is 1. The monoisotopic (exact) mass is 312 g/mol. The minimum Gasteiger partial charge on any atom is -0.396 e. The van der Waals surface area contributed by atoms with Crippen molar-refractivity contribution in [2.75, 3.05) is 17.2 Å². The van der Waals surface area contributed by atoms with Gasteiger partial charge in [-0.15, -0.1) is 0 Å². The Bertz CT molecular complexity index is 506. The van der Waals surface area contributed by atoms with Gasteiger partial charge in [0.1, 0.15) is 6.04 Å². The smallest absolute Gasteiger partial charge is 0.249 e. The molecule has 0 aromatic carbocycles. The Kier molecular flexibility index (Phi) is 3.51. The van der Waals surface area contributed by atoms with E-state index in [0.717, 1.165) is 4.47 Å². The summed E-state index contributed by atoms with van der Waals surface area (Å²) in [6.45, 7) is 1.96. The molecule has 6 nitrogen and oxygen atoms in total. The maximum atomic E-state index is 11.7. The van der Waals surface area contributed by atoms with E-state index in [1.54, 1.807) is 17.2 Å². The van der Waals surface area contributed by atoms with Crippen molar-refractivity contribution in [1.82, 2.24) is 10.3 Å². The van der Waals surface area contributed by atoms with Crippen LogP contribution in [0.15, 0.2) is 16.7 Å². The molecule has 3 N–H and O–H groups in total. The summed E-state index contributed by atoms with van der Waals surface area (Å²) in [5, 5.41) is 2.31. The zero-order valence-electron chi connectivity index (χ0n) is 9.81. The van der Waals surface area contributed by atoms with Crippen molar-refractivity contribution in [2.24, 2.45) is 0 Å². The first-order valence-corrected chi connectivity index (χ1v) is 6.33. The molecular weight excluding hydrogens is 300 g/mol. The third-order valence-corrected chi connectivity index (χ3v) is 3.21. The maximum absolute atomic E-state index is 11.7. The zero-order chi connectivity index (χ0) is 13.3. The first kappa shape index (κ1) is 12.8. The molecule has 18 heavy (non-hydrogen) atoms. The summed E-state index contributed by atoms with van der Waals surface area (Å²) < 4.78 is 0.754. The Labute approximate surface area is 113 Å². The van der Waals surface area contributed by atoms with Crippen LogP contribution < -0.4 is 16.0 Å². The van der Waals surface area contributed by atoms with E-state index in [0.29, 0.717) is 17.9 Å². The predicted octanol–water partition coefficient (Wildman–Crippen LogP) is 0.668. The minimum atomic E-state index is -0.418. The molecule has 0 saturated carbocycles. The van der Waals surface area contributed by atoms with Crippen LogP contribution in [0, 0.1) is 0 Å². The first-order chi connectivity index (χ1) is 8.52. The Hall–Kier alpha value is -1.63. The van der Waals surface area contributed by atoms with Gasteiger partial charge in [0.25, 0.3) is 0 Å². The van der Waals surface area contributed by atoms with E-state index < -0.39 is 6.04 Å². The average Bonchev–Trinajstić information content (AvgIpc) is 2.28. The fourth-order valence-electron chi connectivity index (χ4n) is 1.98. The molecule has 0 spiro atoms. The van der Waals surface area contributed by atoms with Crippen molar-refractivity contribution in [3.63, 3.8) is 0 Å². The van der Waals surface area contributed by atoms with E-state index in [4.69, 9.17) is 5.73 Å². The van der Waals surface area contributed by atoms with Crippen molar-refractivity contribution in [2.45, 2.75) is 19.4 Å². The van der Waals surface area contributed by atoms with Gasteiger partial charge < -0.3 is 10.6 Å². The summed E-state index contributed by atoms with van der Waals surface area (Å²) in [6.07, 6.45) is 2.17. The molecule has 1 fully saturated rings. The average molecular weight is 313 g/mol. The third-order valence-electron chi connectivity index (χ3n) is 2.78. The molecule has 1 unspecified atom stereocenters. The fraction of sp³-hybridized carbons (Fsp3) is 0.364. The number of halogens is 1. The van der Waals surface area contributed by atoms with Crippen LogP contribution in [0.1, 0.15) is 13.3 Å². The lowest BCUT2D eigenvalue weighted by molar-refractivity contribution is -0.132. The number of piperazine rings is 1. The van der Waals surface area contributed by atoms with E-state index in [9.17, 15) is 9.59 Å². The summed E-state index contributed by atoms with van der Waals surface area (Å²) in [5.41, 5.74) is 6.32. The predicted molar refractivity (Wildman–Crippen MR) is 70.9 cm³/mol. The Balaban J connectivity index is 2.39. The van der Waals surface area contributed by atoms with E-state index in [1.165, 1.54) is 0 Å². The second-order valence-corrected chi connectivity index (χ2v) is 4.95. The Morgan fingerprint density at radius 2 is 2.33 bits per heavy atom. The molecule has 1 atom stereocenters. The number of nitrogens with zero attached hydrogens (tertiary/aromatic N) is 2. The largest absolute Gasteiger partial charge is 0.396 e. The van der Waals surface area contributed by atoms with Crippen LogP contribution in [0.5, 0.6) is 0 Å². The summed E-state index contributed by atoms with van der Waals surface area (Å²) >= 11 is 3.27. The standard InChI is InChI=1S/C11H13BrN4O2/c1-2-8-11(18)15-9(17)5-16(8)10-7(13)3-6(12)4-14-10/h3-4,8H,2,5,13H2,1H3,(H,15,17,18). The number of hydrogen-bond donors (Lipinski definition) is 2. The number of nitrogen functional groups attached to an aromatic ring is 1. The van der Waals surface area contributed by atoms with Crippen molar-refractivity contribution in [3.8, 4) is 0 Å². The summed E-state index contributed by atoms with van der Waals surface area (Å²) in [5.74, 6) is -0.181. The summed E-state index contributed by atoms with van der Waals surface area (Å²) in [4.78, 5) is 29.0. The van der Waals surface area contributed by atoms with Crippen LogP contribution in [0.25, 0.3) is 0 Å². The molecule has 1 aromatic heterocycles. The molecule has 1 aliphatic heterocycles. The number of carbonyl (C=O) groups excluding carboxylic acids is 2. The second kappa shape index (κ2) is 4.93. The number of carbonyl (C=O) groups is 2. The number of nitrogens with two attached hydrogens (primary N) is 1. The number of imide groups is 1. The van der Waals surface area contributed by atoms with E-state index >= 15 is 0 Å². The lowest BCUT2D eigenvalue weighted by Crippen LogP contribution is -2.58. The number of anilines is 2. The van der Waals surface area contributed by atoms with Crippen LogP contribution in [-0.2, 0) is 9.59 Å². The van der Waals surface area contributed by atoms with Gasteiger partial charge in [0.05, 0.1) is 12.2 Å². The molecule has 0 radical (unpaired) electrons. The lowest BCUT2D eigenvalue weighted by atomic mass is 10.1. The lowest BCUT2D eigenvalue weighted by Gasteiger charge is -2.34. The maximum Gasteiger partial charge on any atom is 0.249 e. The quantitative estimate of drug-likeness (QED) is 0.784. The van der Waals surface area contributed by atoms with Crippen molar-refractivity contribution < 1.29 is 9.59 Å². The van der Waals surface area contributed by atoms with Crippen molar-refractivity contribution >= 4 is 39.2 Å². The van der Waals surface area contributed by atoms with Gasteiger partial charge in [-0.1, -0.05) is 6.92 Å². The highest BCUT2D eigenvalue weighted by Gasteiger charge is 2.34. The first-order valence-electron chi connectivity index (χ1n) is 5.54. The van der Waals surface area contributed by atoms with Gasteiger partial charge in [-0.05, 0) is 28.4 Å². The van der Waals surface area contributed by atoms with Gasteiger partial charge >= 0.3 is 0 Å². The Morgan fingerprint density at radius 1 is 1.61 bits per heavy atom. The van der Waals surface area contributed by atoms with E-state index in [-0.39, 0.29) is 18.4 Å². The fourth-order valence-corrected chi connectivity index (χ4v) is 2.33. The molecule has 7 heteroatoms. The van der Waals surface area contributed by atoms with Crippen molar-refractivity contribution in [1.29, 1.82) is 0 Å². The zero-order valence-corrected chi connectivity index (χ0v) is 11.4. The van der Waals surface area contributed by atoms with Gasteiger partial charge in [-0.3, -0.25) is 14.9 Å². The molecule has 2 rings (SSSR count). The minimum absolute atomic E-state index is 0.0864. The van der Waals surface area contributed by atoms with Crippen molar-refractivity contribution in [3.05, 3.63) is 16.7 Å². The van der Waals surface area contributed by atoms with Gasteiger partial charge in [0, 0.05) is 10.7 Å². The highest BCUT2D eigenvalue weighted by Crippen LogP contribution is 2.27. The van der Waals surface area contributed by atoms with Crippen LogP contribution in [-0.4, -0.2) is 29.4 Å². The molecule has 1 aliphatic rings.